The molecule has 4 heteroatoms. The first-order valence-electron chi connectivity index (χ1n) is 6.81. The molecule has 0 aromatic carbocycles. The fraction of sp³-hybridized carbons (Fsp3) is 0.923. The molecule has 1 aliphatic heterocycles. The fourth-order valence-electron chi connectivity index (χ4n) is 2.55. The second kappa shape index (κ2) is 7.67. The normalized spacial score (nSPS) is 23.4. The van der Waals surface area contributed by atoms with E-state index in [4.69, 9.17) is 0 Å². The Kier molecular flexibility index (Phi) is 6.52. The monoisotopic (exact) mass is 242 g/mol. The second-order valence-electron chi connectivity index (χ2n) is 4.91. The number of amides is 1. The molecule has 0 bridgehead atoms. The van der Waals surface area contributed by atoms with Crippen molar-refractivity contribution >= 4 is 5.91 Å². The zero-order valence-electron chi connectivity index (χ0n) is 11.1. The summed E-state index contributed by atoms with van der Waals surface area (Å²) in [6, 6.07) is 0.325. The van der Waals surface area contributed by atoms with Gasteiger partial charge in [0.05, 0.1) is 6.10 Å². The molecule has 0 aromatic heterocycles. The van der Waals surface area contributed by atoms with Crippen LogP contribution in [0.25, 0.3) is 0 Å². The molecule has 1 saturated heterocycles. The zero-order chi connectivity index (χ0) is 12.7. The van der Waals surface area contributed by atoms with Gasteiger partial charge in [-0.15, -0.1) is 0 Å². The lowest BCUT2D eigenvalue weighted by atomic mass is 9.96. The molecule has 0 saturated carbocycles. The molecule has 2 atom stereocenters. The van der Waals surface area contributed by atoms with Crippen molar-refractivity contribution in [1.82, 2.24) is 10.2 Å². The van der Waals surface area contributed by atoms with E-state index in [9.17, 15) is 9.90 Å². The largest absolute Gasteiger partial charge is 0.392 e. The van der Waals surface area contributed by atoms with Gasteiger partial charge in [0.2, 0.25) is 5.91 Å². The van der Waals surface area contributed by atoms with Gasteiger partial charge >= 0.3 is 0 Å². The highest BCUT2D eigenvalue weighted by Crippen LogP contribution is 2.21. The van der Waals surface area contributed by atoms with Crippen LogP contribution in [-0.2, 0) is 4.79 Å². The Balaban J connectivity index is 2.30. The molecule has 17 heavy (non-hydrogen) atoms. The predicted molar refractivity (Wildman–Crippen MR) is 68.8 cm³/mol. The topological polar surface area (TPSA) is 52.6 Å². The Hall–Kier alpha value is -0.610. The third kappa shape index (κ3) is 5.04. The molecule has 0 aromatic rings. The summed E-state index contributed by atoms with van der Waals surface area (Å²) in [6.45, 7) is 6.38. The SMILES string of the molecule is CCC(O)C1CCCCN1CCCNC(C)=O. The maximum Gasteiger partial charge on any atom is 0.216 e. The molecular weight excluding hydrogens is 216 g/mol. The molecule has 0 spiro atoms. The van der Waals surface area contributed by atoms with Gasteiger partial charge in [-0.3, -0.25) is 9.69 Å². The van der Waals surface area contributed by atoms with Gasteiger partial charge in [0.15, 0.2) is 0 Å². The standard InChI is InChI=1S/C13H26N2O2/c1-3-13(17)12-7-4-5-9-15(12)10-6-8-14-11(2)16/h12-13,17H,3-10H2,1-2H3,(H,14,16). The van der Waals surface area contributed by atoms with Crippen molar-refractivity contribution in [2.45, 2.75) is 58.1 Å². The molecule has 1 rings (SSSR count). The number of hydrogen-bond acceptors (Lipinski definition) is 3. The molecule has 0 aliphatic carbocycles. The molecule has 1 fully saturated rings. The number of nitrogens with zero attached hydrogens (tertiary/aromatic N) is 1. The molecule has 0 radical (unpaired) electrons. The van der Waals surface area contributed by atoms with Crippen molar-refractivity contribution < 1.29 is 9.90 Å². The highest BCUT2D eigenvalue weighted by Gasteiger charge is 2.26. The van der Waals surface area contributed by atoms with Gasteiger partial charge in [-0.1, -0.05) is 13.3 Å². The van der Waals surface area contributed by atoms with Crippen LogP contribution in [0, 0.1) is 0 Å². The Morgan fingerprint density at radius 1 is 1.53 bits per heavy atom. The molecule has 100 valence electrons. The van der Waals surface area contributed by atoms with Crippen molar-refractivity contribution in [1.29, 1.82) is 0 Å². The molecule has 1 aliphatic rings. The van der Waals surface area contributed by atoms with Crippen molar-refractivity contribution in [3.63, 3.8) is 0 Å². The summed E-state index contributed by atoms with van der Waals surface area (Å²) in [6.07, 6.45) is 5.15. The first-order valence-corrected chi connectivity index (χ1v) is 6.81. The molecule has 2 unspecified atom stereocenters. The van der Waals surface area contributed by atoms with Crippen LogP contribution in [0.1, 0.15) is 46.0 Å². The molecular formula is C13H26N2O2. The Labute approximate surface area is 104 Å². The van der Waals surface area contributed by atoms with Gasteiger partial charge in [-0.25, -0.2) is 0 Å². The minimum atomic E-state index is -0.198. The maximum atomic E-state index is 10.7. The summed E-state index contributed by atoms with van der Waals surface area (Å²) in [5, 5.41) is 12.8. The molecule has 2 N–H and O–H groups in total. The van der Waals surface area contributed by atoms with Crippen molar-refractivity contribution in [3.05, 3.63) is 0 Å². The zero-order valence-corrected chi connectivity index (χ0v) is 11.1. The third-order valence-electron chi connectivity index (χ3n) is 3.52. The number of aliphatic hydroxyl groups excluding tert-OH is 1. The summed E-state index contributed by atoms with van der Waals surface area (Å²) in [5.74, 6) is 0.0359. The van der Waals surface area contributed by atoms with E-state index in [0.717, 1.165) is 38.9 Å². The van der Waals surface area contributed by atoms with Gasteiger partial charge < -0.3 is 10.4 Å². The van der Waals surface area contributed by atoms with Gasteiger partial charge in [-0.2, -0.15) is 0 Å². The third-order valence-corrected chi connectivity index (χ3v) is 3.52. The van der Waals surface area contributed by atoms with Crippen LogP contribution < -0.4 is 5.32 Å². The summed E-state index contributed by atoms with van der Waals surface area (Å²) in [5.41, 5.74) is 0. The summed E-state index contributed by atoms with van der Waals surface area (Å²) in [4.78, 5) is 13.1. The highest BCUT2D eigenvalue weighted by molar-refractivity contribution is 5.72. The predicted octanol–water partition coefficient (Wildman–Crippen LogP) is 1.14. The molecule has 4 nitrogen and oxygen atoms in total. The Morgan fingerprint density at radius 3 is 2.94 bits per heavy atom. The number of rotatable bonds is 6. The number of nitrogens with one attached hydrogen (secondary N) is 1. The number of aliphatic hydroxyl groups is 1. The van der Waals surface area contributed by atoms with Crippen LogP contribution in [0.4, 0.5) is 0 Å². The summed E-state index contributed by atoms with van der Waals surface area (Å²) in [7, 11) is 0. The average Bonchev–Trinajstić information content (AvgIpc) is 2.34. The number of carbonyl (C=O) groups excluding carboxylic acids is 1. The van der Waals surface area contributed by atoms with E-state index in [1.807, 2.05) is 6.92 Å². The first kappa shape index (κ1) is 14.5. The summed E-state index contributed by atoms with van der Waals surface area (Å²) >= 11 is 0. The quantitative estimate of drug-likeness (QED) is 0.687. The highest BCUT2D eigenvalue weighted by atomic mass is 16.3. The lowest BCUT2D eigenvalue weighted by molar-refractivity contribution is -0.119. The number of piperidine rings is 1. The van der Waals surface area contributed by atoms with E-state index >= 15 is 0 Å². The fourth-order valence-corrected chi connectivity index (χ4v) is 2.55. The Morgan fingerprint density at radius 2 is 2.29 bits per heavy atom. The van der Waals surface area contributed by atoms with E-state index in [0.29, 0.717) is 6.04 Å². The van der Waals surface area contributed by atoms with E-state index < -0.39 is 0 Å². The average molecular weight is 242 g/mol. The van der Waals surface area contributed by atoms with Crippen molar-refractivity contribution in [3.8, 4) is 0 Å². The molecule has 1 heterocycles. The molecule has 1 amide bonds. The Bertz CT molecular complexity index is 233. The van der Waals surface area contributed by atoms with Crippen LogP contribution in [0.5, 0.6) is 0 Å². The van der Waals surface area contributed by atoms with E-state index in [2.05, 4.69) is 10.2 Å². The first-order chi connectivity index (χ1) is 8.15. The minimum Gasteiger partial charge on any atom is -0.392 e. The smallest absolute Gasteiger partial charge is 0.216 e. The van der Waals surface area contributed by atoms with Gasteiger partial charge in [-0.05, 0) is 32.2 Å². The maximum absolute atomic E-state index is 10.7. The minimum absolute atomic E-state index is 0.0359. The number of likely N-dealkylation sites (tertiary alicyclic amines) is 1. The van der Waals surface area contributed by atoms with Crippen LogP contribution in [0.3, 0.4) is 0 Å². The summed E-state index contributed by atoms with van der Waals surface area (Å²) < 4.78 is 0. The number of carbonyl (C=O) groups is 1. The number of hydrogen-bond donors (Lipinski definition) is 2. The lowest BCUT2D eigenvalue weighted by Crippen LogP contribution is -2.47. The van der Waals surface area contributed by atoms with Gasteiger partial charge in [0.1, 0.15) is 0 Å². The lowest BCUT2D eigenvalue weighted by Gasteiger charge is -2.38. The van der Waals surface area contributed by atoms with Gasteiger partial charge in [0.25, 0.3) is 0 Å². The van der Waals surface area contributed by atoms with Crippen LogP contribution in [-0.4, -0.2) is 47.7 Å². The van der Waals surface area contributed by atoms with Crippen molar-refractivity contribution in [2.24, 2.45) is 0 Å². The van der Waals surface area contributed by atoms with E-state index in [-0.39, 0.29) is 12.0 Å². The van der Waals surface area contributed by atoms with Gasteiger partial charge in [0, 0.05) is 26.1 Å². The van der Waals surface area contributed by atoms with Crippen LogP contribution >= 0.6 is 0 Å². The van der Waals surface area contributed by atoms with Crippen molar-refractivity contribution in [2.75, 3.05) is 19.6 Å². The van der Waals surface area contributed by atoms with E-state index in [1.165, 1.54) is 12.8 Å². The van der Waals surface area contributed by atoms with Crippen LogP contribution in [0.15, 0.2) is 0 Å². The van der Waals surface area contributed by atoms with Crippen LogP contribution in [0.2, 0.25) is 0 Å². The van der Waals surface area contributed by atoms with E-state index in [1.54, 1.807) is 6.92 Å². The second-order valence-corrected chi connectivity index (χ2v) is 4.91.